The zero-order valence-electron chi connectivity index (χ0n) is 8.22. The van der Waals surface area contributed by atoms with E-state index in [1.165, 1.54) is 0 Å². The van der Waals surface area contributed by atoms with Crippen molar-refractivity contribution < 1.29 is 9.53 Å². The Morgan fingerprint density at radius 3 is 2.46 bits per heavy atom. The van der Waals surface area contributed by atoms with Crippen LogP contribution in [0.1, 0.15) is 27.2 Å². The summed E-state index contributed by atoms with van der Waals surface area (Å²) in [5.41, 5.74) is 4.95. The van der Waals surface area contributed by atoms with Crippen LogP contribution in [-0.2, 0) is 4.74 Å². The Balaban J connectivity index is 3.59. The molecule has 76 valence electrons. The smallest absolute Gasteiger partial charge is 0.407 e. The molecule has 0 aromatic rings. The van der Waals surface area contributed by atoms with E-state index in [-0.39, 0.29) is 12.1 Å². The normalized spacial score (nSPS) is 10.7. The Kier molecular flexibility index (Phi) is 4.69. The molecule has 0 rings (SSSR count). The van der Waals surface area contributed by atoms with Crippen LogP contribution in [0.3, 0.4) is 0 Å². The monoisotopic (exact) mass is 204 g/mol. The Hall–Kier alpha value is -0.840. The van der Waals surface area contributed by atoms with Crippen LogP contribution in [0.25, 0.3) is 0 Å². The van der Waals surface area contributed by atoms with E-state index in [1.54, 1.807) is 0 Å². The van der Waals surface area contributed by atoms with Crippen LogP contribution in [0.5, 0.6) is 0 Å². The van der Waals surface area contributed by atoms with E-state index >= 15 is 0 Å². The van der Waals surface area contributed by atoms with Gasteiger partial charge in [-0.05, 0) is 20.8 Å². The first-order chi connectivity index (χ1) is 5.81. The number of carbonyl (C=O) groups excluding carboxylic acids is 1. The van der Waals surface area contributed by atoms with Crippen molar-refractivity contribution in [1.29, 1.82) is 0 Å². The molecule has 0 heterocycles. The van der Waals surface area contributed by atoms with Crippen molar-refractivity contribution in [1.82, 2.24) is 5.32 Å². The molecule has 0 radical (unpaired) electrons. The summed E-state index contributed by atoms with van der Waals surface area (Å²) in [5.74, 6) is 0. The zero-order chi connectivity index (χ0) is 10.5. The molecule has 0 fully saturated rings. The predicted molar refractivity (Wildman–Crippen MR) is 55.6 cm³/mol. The van der Waals surface area contributed by atoms with Crippen molar-refractivity contribution in [3.05, 3.63) is 0 Å². The number of hydrogen-bond donors (Lipinski definition) is 2. The average Bonchev–Trinajstić information content (AvgIpc) is 1.81. The molecular weight excluding hydrogens is 188 g/mol. The summed E-state index contributed by atoms with van der Waals surface area (Å²) >= 11 is 4.62. The Morgan fingerprint density at radius 1 is 1.54 bits per heavy atom. The molecule has 1 amide bonds. The van der Waals surface area contributed by atoms with Gasteiger partial charge in [0, 0.05) is 12.0 Å². The summed E-state index contributed by atoms with van der Waals surface area (Å²) in [7, 11) is 0. The number of nitrogens with two attached hydrogens (primary N) is 1. The van der Waals surface area contributed by atoms with Crippen molar-refractivity contribution in [2.24, 2.45) is 5.73 Å². The van der Waals surface area contributed by atoms with E-state index in [0.29, 0.717) is 11.4 Å². The molecule has 0 aromatic carbocycles. The van der Waals surface area contributed by atoms with Crippen molar-refractivity contribution in [2.75, 3.05) is 6.61 Å². The first-order valence-electron chi connectivity index (χ1n) is 4.04. The third-order valence-electron chi connectivity index (χ3n) is 1.06. The molecule has 0 saturated heterocycles. The van der Waals surface area contributed by atoms with Crippen LogP contribution >= 0.6 is 12.2 Å². The standard InChI is InChI=1S/C8H16N2O2S/c1-8(2,3)10-7(11)12-5-4-6(9)13/h4-5H2,1-3H3,(H2,9,13)(H,10,11). The lowest BCUT2D eigenvalue weighted by atomic mass is 10.1. The molecular formula is C8H16N2O2S. The van der Waals surface area contributed by atoms with Crippen molar-refractivity contribution in [3.8, 4) is 0 Å². The average molecular weight is 204 g/mol. The minimum absolute atomic E-state index is 0.233. The van der Waals surface area contributed by atoms with Crippen LogP contribution in [0.15, 0.2) is 0 Å². The van der Waals surface area contributed by atoms with Gasteiger partial charge in [-0.2, -0.15) is 0 Å². The second-order valence-corrected chi connectivity index (χ2v) is 4.25. The maximum absolute atomic E-state index is 11.0. The molecule has 0 aliphatic carbocycles. The van der Waals surface area contributed by atoms with Gasteiger partial charge in [-0.1, -0.05) is 12.2 Å². The third kappa shape index (κ3) is 9.07. The van der Waals surface area contributed by atoms with Gasteiger partial charge < -0.3 is 15.8 Å². The number of rotatable bonds is 3. The van der Waals surface area contributed by atoms with E-state index in [4.69, 9.17) is 10.5 Å². The SMILES string of the molecule is CC(C)(C)NC(=O)OCCC(N)=S. The highest BCUT2D eigenvalue weighted by molar-refractivity contribution is 7.80. The van der Waals surface area contributed by atoms with Crippen molar-refractivity contribution in [3.63, 3.8) is 0 Å². The lowest BCUT2D eigenvalue weighted by molar-refractivity contribution is 0.140. The van der Waals surface area contributed by atoms with E-state index in [9.17, 15) is 4.79 Å². The van der Waals surface area contributed by atoms with Crippen molar-refractivity contribution in [2.45, 2.75) is 32.7 Å². The van der Waals surface area contributed by atoms with Crippen LogP contribution < -0.4 is 11.1 Å². The van der Waals surface area contributed by atoms with E-state index in [1.807, 2.05) is 20.8 Å². The minimum Gasteiger partial charge on any atom is -0.449 e. The zero-order valence-corrected chi connectivity index (χ0v) is 9.03. The van der Waals surface area contributed by atoms with Gasteiger partial charge in [0.05, 0.1) is 11.6 Å². The second kappa shape index (κ2) is 5.01. The fourth-order valence-electron chi connectivity index (χ4n) is 0.587. The molecule has 0 aliphatic rings. The number of hydrogen-bond acceptors (Lipinski definition) is 3. The predicted octanol–water partition coefficient (Wildman–Crippen LogP) is 1.19. The number of carbonyl (C=O) groups is 1. The fraction of sp³-hybridized carbons (Fsp3) is 0.750. The quantitative estimate of drug-likeness (QED) is 0.678. The van der Waals surface area contributed by atoms with Crippen LogP contribution in [0, 0.1) is 0 Å². The maximum Gasteiger partial charge on any atom is 0.407 e. The van der Waals surface area contributed by atoms with Gasteiger partial charge in [0.15, 0.2) is 0 Å². The number of thiocarbonyl (C=S) groups is 1. The summed E-state index contributed by atoms with van der Waals surface area (Å²) in [5, 5.41) is 2.65. The number of ether oxygens (including phenoxy) is 1. The number of nitrogens with one attached hydrogen (secondary N) is 1. The maximum atomic E-state index is 11.0. The highest BCUT2D eigenvalue weighted by atomic mass is 32.1. The van der Waals surface area contributed by atoms with E-state index in [2.05, 4.69) is 17.5 Å². The third-order valence-corrected chi connectivity index (χ3v) is 1.26. The first-order valence-corrected chi connectivity index (χ1v) is 4.45. The molecule has 0 aliphatic heterocycles. The topological polar surface area (TPSA) is 64.3 Å². The largest absolute Gasteiger partial charge is 0.449 e. The molecule has 0 unspecified atom stereocenters. The second-order valence-electron chi connectivity index (χ2n) is 3.73. The van der Waals surface area contributed by atoms with E-state index in [0.717, 1.165) is 0 Å². The number of amides is 1. The van der Waals surface area contributed by atoms with Gasteiger partial charge in [-0.15, -0.1) is 0 Å². The Morgan fingerprint density at radius 2 is 2.08 bits per heavy atom. The molecule has 4 nitrogen and oxygen atoms in total. The highest BCUT2D eigenvalue weighted by Gasteiger charge is 2.13. The minimum atomic E-state index is -0.441. The Bertz CT molecular complexity index is 199. The molecule has 0 saturated carbocycles. The van der Waals surface area contributed by atoms with Crippen LogP contribution in [0.2, 0.25) is 0 Å². The Labute approximate surface area is 83.8 Å². The fourth-order valence-corrected chi connectivity index (χ4v) is 0.670. The molecule has 13 heavy (non-hydrogen) atoms. The highest BCUT2D eigenvalue weighted by Crippen LogP contribution is 1.98. The molecule has 0 bridgehead atoms. The van der Waals surface area contributed by atoms with Crippen LogP contribution in [-0.4, -0.2) is 23.2 Å². The lowest BCUT2D eigenvalue weighted by Gasteiger charge is -2.19. The van der Waals surface area contributed by atoms with Crippen LogP contribution in [0.4, 0.5) is 4.79 Å². The van der Waals surface area contributed by atoms with Gasteiger partial charge >= 0.3 is 6.09 Å². The van der Waals surface area contributed by atoms with Crippen molar-refractivity contribution >= 4 is 23.3 Å². The summed E-state index contributed by atoms with van der Waals surface area (Å²) in [6.07, 6.45) is -0.0175. The van der Waals surface area contributed by atoms with Gasteiger partial charge in [0.25, 0.3) is 0 Å². The lowest BCUT2D eigenvalue weighted by Crippen LogP contribution is -2.41. The van der Waals surface area contributed by atoms with Gasteiger partial charge in [0.2, 0.25) is 0 Å². The van der Waals surface area contributed by atoms with E-state index < -0.39 is 6.09 Å². The summed E-state index contributed by atoms with van der Waals surface area (Å²) in [6, 6.07) is 0. The van der Waals surface area contributed by atoms with Gasteiger partial charge in [-0.25, -0.2) is 4.79 Å². The number of alkyl carbamates (subject to hydrolysis) is 1. The van der Waals surface area contributed by atoms with Gasteiger partial charge in [0.1, 0.15) is 0 Å². The van der Waals surface area contributed by atoms with Gasteiger partial charge in [-0.3, -0.25) is 0 Å². The summed E-state index contributed by atoms with van der Waals surface area (Å²) in [6.45, 7) is 5.86. The summed E-state index contributed by atoms with van der Waals surface area (Å²) in [4.78, 5) is 11.4. The summed E-state index contributed by atoms with van der Waals surface area (Å²) < 4.78 is 4.81. The molecule has 0 atom stereocenters. The molecule has 5 heteroatoms. The first kappa shape index (κ1) is 12.2. The molecule has 3 N–H and O–H groups in total. The molecule has 0 spiro atoms. The molecule has 0 aromatic heterocycles.